The van der Waals surface area contributed by atoms with Crippen LogP contribution in [0.15, 0.2) is 40.9 Å². The van der Waals surface area contributed by atoms with E-state index in [4.69, 9.17) is 9.47 Å². The maximum atomic E-state index is 13.0. The molecule has 0 aliphatic carbocycles. The van der Waals surface area contributed by atoms with Crippen LogP contribution >= 0.6 is 15.9 Å². The Morgan fingerprint density at radius 3 is 2.72 bits per heavy atom. The Hall–Kier alpha value is -2.01. The van der Waals surface area contributed by atoms with Crippen LogP contribution in [0.5, 0.6) is 11.5 Å². The summed E-state index contributed by atoms with van der Waals surface area (Å²) in [4.78, 5) is 14.9. The summed E-state index contributed by atoms with van der Waals surface area (Å²) in [5.74, 6) is 2.04. The lowest BCUT2D eigenvalue weighted by Gasteiger charge is -2.33. The maximum absolute atomic E-state index is 13.0. The molecular weight excluding hydrogens is 382 g/mol. The number of anilines is 1. The molecule has 2 aliphatic heterocycles. The van der Waals surface area contributed by atoms with E-state index in [1.807, 2.05) is 35.2 Å². The van der Waals surface area contributed by atoms with E-state index in [0.717, 1.165) is 34.4 Å². The Morgan fingerprint density at radius 2 is 1.92 bits per heavy atom. The largest absolute Gasteiger partial charge is 0.486 e. The number of halogens is 1. The summed E-state index contributed by atoms with van der Waals surface area (Å²) in [6.07, 6.45) is 1.32. The molecule has 2 aromatic rings. The number of amides is 1. The summed E-state index contributed by atoms with van der Waals surface area (Å²) in [7, 11) is 0. The standard InChI is InChI=1S/C20H20BrNO3/c1-13-6-7-22(17-5-3-2-4-15(13)17)20(23)11-14-10-18-19(12-16(14)21)25-9-8-24-18/h2-5,10,12-13H,6-9,11H2,1H3. The lowest BCUT2D eigenvalue weighted by atomic mass is 9.91. The maximum Gasteiger partial charge on any atom is 0.231 e. The number of nitrogens with zero attached hydrogens (tertiary/aromatic N) is 1. The summed E-state index contributed by atoms with van der Waals surface area (Å²) >= 11 is 3.56. The van der Waals surface area contributed by atoms with Crippen LogP contribution in [0.2, 0.25) is 0 Å². The highest BCUT2D eigenvalue weighted by atomic mass is 79.9. The van der Waals surface area contributed by atoms with E-state index in [0.29, 0.717) is 31.3 Å². The second-order valence-electron chi connectivity index (χ2n) is 6.56. The molecule has 4 nitrogen and oxygen atoms in total. The highest BCUT2D eigenvalue weighted by Gasteiger charge is 2.27. The minimum absolute atomic E-state index is 0.108. The summed E-state index contributed by atoms with van der Waals surface area (Å²) < 4.78 is 12.1. The Morgan fingerprint density at radius 1 is 1.20 bits per heavy atom. The van der Waals surface area contributed by atoms with Crippen molar-refractivity contribution in [3.8, 4) is 11.5 Å². The van der Waals surface area contributed by atoms with Crippen LogP contribution in [-0.4, -0.2) is 25.7 Å². The van der Waals surface area contributed by atoms with Gasteiger partial charge in [-0.1, -0.05) is 41.1 Å². The first kappa shape index (κ1) is 16.5. The highest BCUT2D eigenvalue weighted by Crippen LogP contribution is 2.38. The fourth-order valence-corrected chi connectivity index (χ4v) is 3.97. The molecule has 4 rings (SSSR count). The average Bonchev–Trinajstić information content (AvgIpc) is 2.63. The van der Waals surface area contributed by atoms with Crippen molar-refractivity contribution in [1.29, 1.82) is 0 Å². The van der Waals surface area contributed by atoms with Crippen LogP contribution in [0, 0.1) is 0 Å². The van der Waals surface area contributed by atoms with Crippen LogP contribution in [-0.2, 0) is 11.2 Å². The minimum atomic E-state index is 0.108. The highest BCUT2D eigenvalue weighted by molar-refractivity contribution is 9.10. The number of para-hydroxylation sites is 1. The van der Waals surface area contributed by atoms with Crippen molar-refractivity contribution in [3.05, 3.63) is 52.0 Å². The third kappa shape index (κ3) is 3.13. The van der Waals surface area contributed by atoms with Gasteiger partial charge in [0.1, 0.15) is 13.2 Å². The van der Waals surface area contributed by atoms with E-state index in [-0.39, 0.29) is 5.91 Å². The second kappa shape index (κ2) is 6.71. The summed E-state index contributed by atoms with van der Waals surface area (Å²) in [5.41, 5.74) is 3.22. The van der Waals surface area contributed by atoms with Gasteiger partial charge in [0, 0.05) is 16.7 Å². The zero-order valence-electron chi connectivity index (χ0n) is 14.1. The second-order valence-corrected chi connectivity index (χ2v) is 7.41. The molecule has 2 aromatic carbocycles. The topological polar surface area (TPSA) is 38.8 Å². The molecule has 0 fully saturated rings. The summed E-state index contributed by atoms with van der Waals surface area (Å²) in [6, 6.07) is 12.0. The molecule has 0 aromatic heterocycles. The van der Waals surface area contributed by atoms with Gasteiger partial charge in [-0.05, 0) is 41.7 Å². The van der Waals surface area contributed by atoms with E-state index in [1.165, 1.54) is 5.56 Å². The Balaban J connectivity index is 1.60. The van der Waals surface area contributed by atoms with Gasteiger partial charge in [0.15, 0.2) is 11.5 Å². The lowest BCUT2D eigenvalue weighted by molar-refractivity contribution is -0.118. The van der Waals surface area contributed by atoms with Gasteiger partial charge in [0.25, 0.3) is 0 Å². The van der Waals surface area contributed by atoms with E-state index < -0.39 is 0 Å². The van der Waals surface area contributed by atoms with Crippen LogP contribution in [0.4, 0.5) is 5.69 Å². The van der Waals surface area contributed by atoms with Crippen molar-refractivity contribution < 1.29 is 14.3 Å². The van der Waals surface area contributed by atoms with Gasteiger partial charge in [-0.3, -0.25) is 4.79 Å². The van der Waals surface area contributed by atoms with Crippen LogP contribution in [0.3, 0.4) is 0 Å². The van der Waals surface area contributed by atoms with Crippen molar-refractivity contribution in [2.45, 2.75) is 25.7 Å². The number of hydrogen-bond acceptors (Lipinski definition) is 3. The monoisotopic (exact) mass is 401 g/mol. The van der Waals surface area contributed by atoms with E-state index in [2.05, 4.69) is 28.9 Å². The van der Waals surface area contributed by atoms with E-state index in [9.17, 15) is 4.79 Å². The molecule has 0 bridgehead atoms. The molecule has 1 atom stereocenters. The van der Waals surface area contributed by atoms with Gasteiger partial charge >= 0.3 is 0 Å². The molecule has 0 saturated heterocycles. The fourth-order valence-electron chi connectivity index (χ4n) is 3.51. The predicted octanol–water partition coefficient (Wildman–Crippen LogP) is 4.30. The number of fused-ring (bicyclic) bond motifs is 2. The number of carbonyl (C=O) groups is 1. The van der Waals surface area contributed by atoms with Crippen molar-refractivity contribution in [1.82, 2.24) is 0 Å². The molecule has 130 valence electrons. The quantitative estimate of drug-likeness (QED) is 0.752. The van der Waals surface area contributed by atoms with Crippen molar-refractivity contribution >= 4 is 27.5 Å². The molecule has 25 heavy (non-hydrogen) atoms. The number of benzene rings is 2. The first-order valence-electron chi connectivity index (χ1n) is 8.61. The molecule has 0 N–H and O–H groups in total. The number of rotatable bonds is 2. The lowest BCUT2D eigenvalue weighted by Crippen LogP contribution is -2.37. The molecule has 0 radical (unpaired) electrons. The average molecular weight is 402 g/mol. The van der Waals surface area contributed by atoms with Crippen molar-refractivity contribution in [2.75, 3.05) is 24.7 Å². The first-order chi connectivity index (χ1) is 12.1. The molecule has 1 unspecified atom stereocenters. The van der Waals surface area contributed by atoms with Crippen molar-refractivity contribution in [2.24, 2.45) is 0 Å². The zero-order chi connectivity index (χ0) is 17.4. The SMILES string of the molecule is CC1CCN(C(=O)Cc2cc3c(cc2Br)OCCO3)c2ccccc21. The zero-order valence-corrected chi connectivity index (χ0v) is 15.7. The third-order valence-electron chi connectivity index (χ3n) is 4.90. The molecule has 2 aliphatic rings. The number of hydrogen-bond donors (Lipinski definition) is 0. The minimum Gasteiger partial charge on any atom is -0.486 e. The Labute approximate surface area is 155 Å². The van der Waals surface area contributed by atoms with Crippen LogP contribution in [0.25, 0.3) is 0 Å². The van der Waals surface area contributed by atoms with Gasteiger partial charge in [-0.25, -0.2) is 0 Å². The predicted molar refractivity (Wildman–Crippen MR) is 101 cm³/mol. The molecule has 5 heteroatoms. The van der Waals surface area contributed by atoms with Crippen LogP contribution < -0.4 is 14.4 Å². The van der Waals surface area contributed by atoms with E-state index >= 15 is 0 Å². The van der Waals surface area contributed by atoms with Gasteiger partial charge in [-0.2, -0.15) is 0 Å². The molecule has 1 amide bonds. The Kier molecular flexibility index (Phi) is 4.42. The Bertz CT molecular complexity index is 821. The number of carbonyl (C=O) groups excluding carboxylic acids is 1. The van der Waals surface area contributed by atoms with Crippen molar-refractivity contribution in [3.63, 3.8) is 0 Å². The van der Waals surface area contributed by atoms with Gasteiger partial charge in [0.2, 0.25) is 5.91 Å². The number of ether oxygens (including phenoxy) is 2. The first-order valence-corrected chi connectivity index (χ1v) is 9.40. The van der Waals surface area contributed by atoms with Gasteiger partial charge in [0.05, 0.1) is 6.42 Å². The summed E-state index contributed by atoms with van der Waals surface area (Å²) in [6.45, 7) is 4.08. The summed E-state index contributed by atoms with van der Waals surface area (Å²) in [5, 5.41) is 0. The van der Waals surface area contributed by atoms with Crippen LogP contribution in [0.1, 0.15) is 30.4 Å². The molecule has 0 spiro atoms. The normalized spacial score (nSPS) is 18.6. The third-order valence-corrected chi connectivity index (χ3v) is 5.64. The fraction of sp³-hybridized carbons (Fsp3) is 0.350. The van der Waals surface area contributed by atoms with Gasteiger partial charge in [-0.15, -0.1) is 0 Å². The van der Waals surface area contributed by atoms with Gasteiger partial charge < -0.3 is 14.4 Å². The smallest absolute Gasteiger partial charge is 0.231 e. The molecule has 2 heterocycles. The van der Waals surface area contributed by atoms with E-state index in [1.54, 1.807) is 0 Å². The molecule has 0 saturated carbocycles. The molecular formula is C20H20BrNO3.